The summed E-state index contributed by atoms with van der Waals surface area (Å²) >= 11 is 0. The van der Waals surface area contributed by atoms with Crippen molar-refractivity contribution in [1.29, 1.82) is 0 Å². The zero-order chi connectivity index (χ0) is 13.7. The maximum Gasteiger partial charge on any atom is 0.404 e. The molecule has 0 heterocycles. The van der Waals surface area contributed by atoms with Gasteiger partial charge in [-0.2, -0.15) is 0 Å². The average Bonchev–Trinajstić information content (AvgIpc) is 3.17. The number of aliphatic hydroxyl groups is 1. The van der Waals surface area contributed by atoms with Crippen LogP contribution in [0.5, 0.6) is 0 Å². The Labute approximate surface area is 112 Å². The Hall–Kier alpha value is -1.59. The van der Waals surface area contributed by atoms with Gasteiger partial charge in [-0.15, -0.1) is 0 Å². The van der Waals surface area contributed by atoms with E-state index in [9.17, 15) is 9.90 Å². The van der Waals surface area contributed by atoms with Crippen molar-refractivity contribution in [3.8, 4) is 0 Å². The summed E-state index contributed by atoms with van der Waals surface area (Å²) in [7, 11) is 0. The van der Waals surface area contributed by atoms with Gasteiger partial charge in [0.1, 0.15) is 6.61 Å². The van der Waals surface area contributed by atoms with Gasteiger partial charge in [0.2, 0.25) is 0 Å². The van der Waals surface area contributed by atoms with Crippen molar-refractivity contribution in [3.63, 3.8) is 0 Å². The minimum Gasteiger partial charge on any atom is -0.447 e. The Morgan fingerprint density at radius 2 is 2.16 bits per heavy atom. The number of carbonyl (C=O) groups excluding carboxylic acids is 1. The predicted octanol–water partition coefficient (Wildman–Crippen LogP) is 1.30. The highest BCUT2D eigenvalue weighted by molar-refractivity contribution is 5.64. The monoisotopic (exact) mass is 265 g/mol. The summed E-state index contributed by atoms with van der Waals surface area (Å²) in [4.78, 5) is 10.4. The van der Waals surface area contributed by atoms with Gasteiger partial charge in [-0.1, -0.05) is 30.3 Å². The summed E-state index contributed by atoms with van der Waals surface area (Å²) in [6, 6.07) is 9.95. The van der Waals surface area contributed by atoms with Crippen molar-refractivity contribution in [2.24, 2.45) is 17.6 Å². The molecule has 0 saturated heterocycles. The van der Waals surface area contributed by atoms with Crippen LogP contribution in [0.25, 0.3) is 0 Å². The molecule has 3 atom stereocenters. The van der Waals surface area contributed by atoms with E-state index in [0.29, 0.717) is 19.1 Å². The maximum atomic E-state index is 10.4. The smallest absolute Gasteiger partial charge is 0.404 e. The van der Waals surface area contributed by atoms with E-state index >= 15 is 0 Å². The Balaban J connectivity index is 1.60. The third-order valence-corrected chi connectivity index (χ3v) is 3.31. The number of ether oxygens (including phenoxy) is 2. The second kappa shape index (κ2) is 6.54. The van der Waals surface area contributed by atoms with Crippen LogP contribution in [0, 0.1) is 11.8 Å². The van der Waals surface area contributed by atoms with Crippen molar-refractivity contribution >= 4 is 6.09 Å². The van der Waals surface area contributed by atoms with Crippen LogP contribution >= 0.6 is 0 Å². The summed E-state index contributed by atoms with van der Waals surface area (Å²) in [5.74, 6) is 0.491. The largest absolute Gasteiger partial charge is 0.447 e. The van der Waals surface area contributed by atoms with Gasteiger partial charge in [0, 0.05) is 0 Å². The molecule has 1 aliphatic rings. The molecule has 1 aromatic carbocycles. The Kier molecular flexibility index (Phi) is 4.76. The molecule has 1 aromatic rings. The number of nitrogens with two attached hydrogens (primary N) is 1. The van der Waals surface area contributed by atoms with E-state index in [1.54, 1.807) is 0 Å². The van der Waals surface area contributed by atoms with E-state index in [4.69, 9.17) is 10.5 Å². The minimum absolute atomic E-state index is 0.0326. The first kappa shape index (κ1) is 13.8. The molecule has 3 N–H and O–H groups in total. The van der Waals surface area contributed by atoms with E-state index < -0.39 is 12.2 Å². The normalized spacial score (nSPS) is 22.8. The lowest BCUT2D eigenvalue weighted by Gasteiger charge is -2.10. The molecule has 5 heteroatoms. The van der Waals surface area contributed by atoms with Gasteiger partial charge in [0.25, 0.3) is 0 Å². The van der Waals surface area contributed by atoms with Crippen LogP contribution in [-0.4, -0.2) is 30.5 Å². The number of hydrogen-bond acceptors (Lipinski definition) is 4. The van der Waals surface area contributed by atoms with Crippen LogP contribution in [0.1, 0.15) is 12.0 Å². The fourth-order valence-corrected chi connectivity index (χ4v) is 2.13. The number of hydrogen-bond donors (Lipinski definition) is 2. The van der Waals surface area contributed by atoms with E-state index in [1.807, 2.05) is 30.3 Å². The van der Waals surface area contributed by atoms with Crippen LogP contribution in [0.4, 0.5) is 4.79 Å². The number of rotatable bonds is 7. The van der Waals surface area contributed by atoms with E-state index in [0.717, 1.165) is 12.0 Å². The molecule has 0 aliphatic heterocycles. The highest BCUT2D eigenvalue weighted by Crippen LogP contribution is 2.41. The third-order valence-electron chi connectivity index (χ3n) is 3.31. The molecular formula is C14H19NO4. The molecule has 5 nitrogen and oxygen atoms in total. The lowest BCUT2D eigenvalue weighted by Crippen LogP contribution is -2.24. The summed E-state index contributed by atoms with van der Waals surface area (Å²) in [5, 5.41) is 9.74. The first-order valence-corrected chi connectivity index (χ1v) is 6.39. The molecule has 19 heavy (non-hydrogen) atoms. The Morgan fingerprint density at radius 3 is 2.84 bits per heavy atom. The van der Waals surface area contributed by atoms with Gasteiger partial charge in [-0.25, -0.2) is 4.79 Å². The molecule has 1 fully saturated rings. The van der Waals surface area contributed by atoms with Gasteiger partial charge in [-0.3, -0.25) is 0 Å². The first-order chi connectivity index (χ1) is 9.16. The third kappa shape index (κ3) is 4.54. The quantitative estimate of drug-likeness (QED) is 0.778. The number of benzene rings is 1. The van der Waals surface area contributed by atoms with Crippen LogP contribution in [-0.2, 0) is 16.1 Å². The second-order valence-electron chi connectivity index (χ2n) is 4.86. The Bertz CT molecular complexity index is 409. The average molecular weight is 265 g/mol. The van der Waals surface area contributed by atoms with Gasteiger partial charge in [0.05, 0.1) is 19.3 Å². The SMILES string of the molecule is NC(=O)OC[C@H](O)[C@H]1C[C@@H]1COCc1ccccc1. The molecule has 0 aromatic heterocycles. The topological polar surface area (TPSA) is 81.8 Å². The van der Waals surface area contributed by atoms with Gasteiger partial charge >= 0.3 is 6.09 Å². The van der Waals surface area contributed by atoms with Crippen LogP contribution in [0.15, 0.2) is 30.3 Å². The molecule has 1 aliphatic carbocycles. The molecular weight excluding hydrogens is 246 g/mol. The molecule has 104 valence electrons. The fourth-order valence-electron chi connectivity index (χ4n) is 2.13. The maximum absolute atomic E-state index is 10.4. The summed E-state index contributed by atoms with van der Waals surface area (Å²) in [6.07, 6.45) is -0.590. The molecule has 1 amide bonds. The van der Waals surface area contributed by atoms with Crippen molar-refractivity contribution < 1.29 is 19.4 Å². The lowest BCUT2D eigenvalue weighted by molar-refractivity contribution is 0.0473. The lowest BCUT2D eigenvalue weighted by atomic mass is 10.2. The van der Waals surface area contributed by atoms with Crippen molar-refractivity contribution in [3.05, 3.63) is 35.9 Å². The van der Waals surface area contributed by atoms with E-state index in [2.05, 4.69) is 4.74 Å². The summed E-state index contributed by atoms with van der Waals surface area (Å²) in [6.45, 7) is 1.17. The summed E-state index contributed by atoms with van der Waals surface area (Å²) in [5.41, 5.74) is 5.98. The standard InChI is InChI=1S/C14H19NO4/c15-14(17)19-9-13(16)12-6-11(12)8-18-7-10-4-2-1-3-5-10/h1-5,11-13,16H,6-9H2,(H2,15,17)/t11-,12+,13+/m1/s1. The first-order valence-electron chi connectivity index (χ1n) is 6.39. The van der Waals surface area contributed by atoms with Crippen LogP contribution < -0.4 is 5.73 Å². The number of aliphatic hydroxyl groups excluding tert-OH is 1. The predicted molar refractivity (Wildman–Crippen MR) is 69.2 cm³/mol. The van der Waals surface area contributed by atoms with E-state index in [-0.39, 0.29) is 12.5 Å². The molecule has 0 bridgehead atoms. The van der Waals surface area contributed by atoms with Gasteiger partial charge < -0.3 is 20.3 Å². The Morgan fingerprint density at radius 1 is 1.42 bits per heavy atom. The van der Waals surface area contributed by atoms with Crippen molar-refractivity contribution in [2.45, 2.75) is 19.1 Å². The zero-order valence-corrected chi connectivity index (χ0v) is 10.7. The fraction of sp³-hybridized carbons (Fsp3) is 0.500. The molecule has 0 unspecified atom stereocenters. The van der Waals surface area contributed by atoms with Gasteiger partial charge in [0.15, 0.2) is 0 Å². The van der Waals surface area contributed by atoms with Crippen LogP contribution in [0.3, 0.4) is 0 Å². The minimum atomic E-state index is -0.850. The number of carbonyl (C=O) groups is 1. The van der Waals surface area contributed by atoms with E-state index in [1.165, 1.54) is 0 Å². The number of amides is 1. The molecule has 0 radical (unpaired) electrons. The molecule has 0 spiro atoms. The molecule has 2 rings (SSSR count). The van der Waals surface area contributed by atoms with Crippen molar-refractivity contribution in [1.82, 2.24) is 0 Å². The summed E-state index contributed by atoms with van der Waals surface area (Å²) < 4.78 is 10.2. The molecule has 1 saturated carbocycles. The highest BCUT2D eigenvalue weighted by Gasteiger charge is 2.42. The van der Waals surface area contributed by atoms with Crippen molar-refractivity contribution in [2.75, 3.05) is 13.2 Å². The van der Waals surface area contributed by atoms with Gasteiger partial charge in [-0.05, 0) is 23.8 Å². The second-order valence-corrected chi connectivity index (χ2v) is 4.86. The number of primary amides is 1. The highest BCUT2D eigenvalue weighted by atomic mass is 16.6. The zero-order valence-electron chi connectivity index (χ0n) is 10.7. The van der Waals surface area contributed by atoms with Crippen LogP contribution in [0.2, 0.25) is 0 Å².